The number of rotatable bonds is 5. The Morgan fingerprint density at radius 2 is 2.24 bits per heavy atom. The van der Waals surface area contributed by atoms with Crippen LogP contribution in [0.3, 0.4) is 0 Å². The smallest absolute Gasteiger partial charge is 0.225 e. The fourth-order valence-electron chi connectivity index (χ4n) is 2.36. The second kappa shape index (κ2) is 7.19. The molecule has 1 amide bonds. The van der Waals surface area contributed by atoms with E-state index in [0.717, 1.165) is 17.7 Å². The first-order valence-corrected chi connectivity index (χ1v) is 7.89. The van der Waals surface area contributed by atoms with Crippen molar-refractivity contribution in [2.24, 2.45) is 0 Å². The lowest BCUT2D eigenvalue weighted by atomic mass is 9.86. The number of nitrogens with one attached hydrogen (secondary N) is 1. The number of amides is 1. The summed E-state index contributed by atoms with van der Waals surface area (Å²) in [6.07, 6.45) is 1.27. The lowest BCUT2D eigenvalue weighted by Gasteiger charge is -2.26. The van der Waals surface area contributed by atoms with E-state index in [1.54, 1.807) is 7.11 Å². The molecule has 1 heterocycles. The van der Waals surface area contributed by atoms with Crippen LogP contribution in [-0.4, -0.2) is 18.8 Å². The molecular weight excluding hydrogens is 284 g/mol. The Morgan fingerprint density at radius 3 is 2.90 bits per heavy atom. The average Bonchev–Trinajstić information content (AvgIpc) is 2.52. The average molecular weight is 302 g/mol. The molecule has 1 aliphatic heterocycles. The molecule has 0 aliphatic carbocycles. The number of methoxy groups -OCH3 is 1. The lowest BCUT2D eigenvalue weighted by Crippen LogP contribution is -2.31. The summed E-state index contributed by atoms with van der Waals surface area (Å²) in [5.74, 6) is 1.30. The van der Waals surface area contributed by atoms with Gasteiger partial charge in [0.25, 0.3) is 0 Å². The molecule has 5 heteroatoms. The third-order valence-corrected chi connectivity index (χ3v) is 4.54. The van der Waals surface area contributed by atoms with E-state index in [-0.39, 0.29) is 18.2 Å². The van der Waals surface area contributed by atoms with E-state index in [2.05, 4.69) is 18.3 Å². The molecule has 4 nitrogen and oxygen atoms in total. The SMILES string of the molecule is CCCSC1=C(C#N)[C@H](c2ccccc2OC)CC(=O)N1. The molecular formula is C16H18N2O2S. The van der Waals surface area contributed by atoms with Gasteiger partial charge < -0.3 is 10.1 Å². The van der Waals surface area contributed by atoms with Crippen LogP contribution in [0.15, 0.2) is 34.9 Å². The van der Waals surface area contributed by atoms with Crippen molar-refractivity contribution in [2.75, 3.05) is 12.9 Å². The second-order valence-corrected chi connectivity index (χ2v) is 5.86. The van der Waals surface area contributed by atoms with Crippen molar-refractivity contribution in [2.45, 2.75) is 25.7 Å². The number of hydrogen-bond donors (Lipinski definition) is 1. The van der Waals surface area contributed by atoms with Crippen molar-refractivity contribution in [1.82, 2.24) is 5.32 Å². The van der Waals surface area contributed by atoms with Crippen LogP contribution in [0.4, 0.5) is 0 Å². The Morgan fingerprint density at radius 1 is 1.48 bits per heavy atom. The highest BCUT2D eigenvalue weighted by atomic mass is 32.2. The zero-order valence-corrected chi connectivity index (χ0v) is 13.0. The molecule has 1 atom stereocenters. The normalized spacial score (nSPS) is 18.1. The van der Waals surface area contributed by atoms with Crippen LogP contribution in [0.1, 0.15) is 31.2 Å². The maximum Gasteiger partial charge on any atom is 0.225 e. The first-order valence-electron chi connectivity index (χ1n) is 6.91. The van der Waals surface area contributed by atoms with Gasteiger partial charge in [-0.25, -0.2) is 0 Å². The van der Waals surface area contributed by atoms with Gasteiger partial charge in [-0.2, -0.15) is 5.26 Å². The van der Waals surface area contributed by atoms with Gasteiger partial charge in [0.1, 0.15) is 5.75 Å². The number of allylic oxidation sites excluding steroid dienone is 1. The van der Waals surface area contributed by atoms with Gasteiger partial charge in [0.05, 0.1) is 23.8 Å². The first kappa shape index (κ1) is 15.5. The molecule has 110 valence electrons. The molecule has 0 radical (unpaired) electrons. The lowest BCUT2D eigenvalue weighted by molar-refractivity contribution is -0.120. The van der Waals surface area contributed by atoms with Crippen LogP contribution in [0, 0.1) is 11.3 Å². The maximum atomic E-state index is 12.0. The molecule has 2 rings (SSSR count). The molecule has 0 spiro atoms. The molecule has 0 saturated carbocycles. The summed E-state index contributed by atoms with van der Waals surface area (Å²) in [6, 6.07) is 9.83. The molecule has 1 aliphatic rings. The quantitative estimate of drug-likeness (QED) is 0.907. The Kier molecular flexibility index (Phi) is 5.29. The summed E-state index contributed by atoms with van der Waals surface area (Å²) < 4.78 is 5.37. The monoisotopic (exact) mass is 302 g/mol. The Labute approximate surface area is 129 Å². The minimum atomic E-state index is -0.237. The summed E-state index contributed by atoms with van der Waals surface area (Å²) >= 11 is 1.53. The van der Waals surface area contributed by atoms with Gasteiger partial charge in [-0.1, -0.05) is 25.1 Å². The van der Waals surface area contributed by atoms with Crippen LogP contribution in [0.25, 0.3) is 0 Å². The fraction of sp³-hybridized carbons (Fsp3) is 0.375. The molecule has 1 aromatic carbocycles. The molecule has 0 bridgehead atoms. The molecule has 0 unspecified atom stereocenters. The number of nitriles is 1. The van der Waals surface area contributed by atoms with Crippen molar-refractivity contribution in [3.05, 3.63) is 40.4 Å². The van der Waals surface area contributed by atoms with E-state index in [1.165, 1.54) is 11.8 Å². The van der Waals surface area contributed by atoms with E-state index in [1.807, 2.05) is 24.3 Å². The predicted octanol–water partition coefficient (Wildman–Crippen LogP) is 3.18. The van der Waals surface area contributed by atoms with Crippen LogP contribution in [-0.2, 0) is 4.79 Å². The maximum absolute atomic E-state index is 12.0. The van der Waals surface area contributed by atoms with Gasteiger partial charge in [0.2, 0.25) is 5.91 Å². The number of ether oxygens (including phenoxy) is 1. The van der Waals surface area contributed by atoms with Crippen LogP contribution in [0.5, 0.6) is 5.75 Å². The van der Waals surface area contributed by atoms with Gasteiger partial charge in [-0.05, 0) is 18.2 Å². The van der Waals surface area contributed by atoms with Crippen molar-refractivity contribution in [1.29, 1.82) is 5.26 Å². The van der Waals surface area contributed by atoms with Crippen molar-refractivity contribution in [3.8, 4) is 11.8 Å². The Bertz CT molecular complexity index is 605. The van der Waals surface area contributed by atoms with Crippen LogP contribution >= 0.6 is 11.8 Å². The van der Waals surface area contributed by atoms with E-state index < -0.39 is 0 Å². The number of thioether (sulfide) groups is 1. The Balaban J connectivity index is 2.45. The summed E-state index contributed by atoms with van der Waals surface area (Å²) in [4.78, 5) is 12.0. The number of nitrogens with zero attached hydrogens (tertiary/aromatic N) is 1. The highest BCUT2D eigenvalue weighted by Crippen LogP contribution is 2.39. The molecule has 0 saturated heterocycles. The number of carbonyl (C=O) groups excluding carboxylic acids is 1. The van der Waals surface area contributed by atoms with E-state index in [9.17, 15) is 10.1 Å². The minimum absolute atomic E-state index is 0.0523. The predicted molar refractivity (Wildman–Crippen MR) is 83.9 cm³/mol. The zero-order chi connectivity index (χ0) is 15.2. The van der Waals surface area contributed by atoms with Gasteiger partial charge in [-0.3, -0.25) is 4.79 Å². The highest BCUT2D eigenvalue weighted by molar-refractivity contribution is 8.03. The molecule has 21 heavy (non-hydrogen) atoms. The van der Waals surface area contributed by atoms with E-state index in [4.69, 9.17) is 4.74 Å². The van der Waals surface area contributed by atoms with E-state index >= 15 is 0 Å². The standard InChI is InChI=1S/C16H18N2O2S/c1-3-8-21-16-13(10-17)12(9-15(19)18-16)11-6-4-5-7-14(11)20-2/h4-7,12H,3,8-9H2,1-2H3,(H,18,19)/t12-/m0/s1. The summed E-state index contributed by atoms with van der Waals surface area (Å²) in [5, 5.41) is 13.0. The number of hydrogen-bond acceptors (Lipinski definition) is 4. The van der Waals surface area contributed by atoms with Crippen LogP contribution < -0.4 is 10.1 Å². The van der Waals surface area contributed by atoms with Crippen molar-refractivity contribution in [3.63, 3.8) is 0 Å². The van der Waals surface area contributed by atoms with E-state index in [0.29, 0.717) is 16.4 Å². The van der Waals surface area contributed by atoms with Crippen LogP contribution in [0.2, 0.25) is 0 Å². The summed E-state index contributed by atoms with van der Waals surface area (Å²) in [6.45, 7) is 2.07. The van der Waals surface area contributed by atoms with Gasteiger partial charge in [0.15, 0.2) is 0 Å². The van der Waals surface area contributed by atoms with Gasteiger partial charge in [0, 0.05) is 17.9 Å². The third kappa shape index (κ3) is 3.40. The first-order chi connectivity index (χ1) is 10.2. The number of para-hydroxylation sites is 1. The molecule has 1 N–H and O–H groups in total. The number of carbonyl (C=O) groups is 1. The fourth-order valence-corrected chi connectivity index (χ4v) is 3.29. The zero-order valence-electron chi connectivity index (χ0n) is 12.2. The molecule has 1 aromatic rings. The Hall–Kier alpha value is -1.93. The second-order valence-electron chi connectivity index (χ2n) is 4.75. The topological polar surface area (TPSA) is 62.1 Å². The number of benzene rings is 1. The van der Waals surface area contributed by atoms with Crippen molar-refractivity contribution < 1.29 is 9.53 Å². The largest absolute Gasteiger partial charge is 0.496 e. The van der Waals surface area contributed by atoms with Gasteiger partial charge >= 0.3 is 0 Å². The summed E-state index contributed by atoms with van der Waals surface area (Å²) in [5.41, 5.74) is 1.51. The highest BCUT2D eigenvalue weighted by Gasteiger charge is 2.31. The molecule has 0 fully saturated rings. The minimum Gasteiger partial charge on any atom is -0.496 e. The van der Waals surface area contributed by atoms with Crippen molar-refractivity contribution >= 4 is 17.7 Å². The van der Waals surface area contributed by atoms with Gasteiger partial charge in [-0.15, -0.1) is 11.8 Å². The molecule has 0 aromatic heterocycles. The third-order valence-electron chi connectivity index (χ3n) is 3.32. The summed E-state index contributed by atoms with van der Waals surface area (Å²) in [7, 11) is 1.60.